The van der Waals surface area contributed by atoms with Crippen LogP contribution in [-0.4, -0.2) is 35.7 Å². The number of benzene rings is 1. The van der Waals surface area contributed by atoms with Crippen molar-refractivity contribution in [2.24, 2.45) is 0 Å². The van der Waals surface area contributed by atoms with Crippen LogP contribution in [-0.2, 0) is 0 Å². The zero-order valence-electron chi connectivity index (χ0n) is 10.8. The van der Waals surface area contributed by atoms with Crippen molar-refractivity contribution in [3.63, 3.8) is 0 Å². The number of hydrogen-bond donors (Lipinski definition) is 0. The van der Waals surface area contributed by atoms with E-state index < -0.39 is 0 Å². The number of amides is 1. The molecule has 0 N–H and O–H groups in total. The Balaban J connectivity index is 2.81. The van der Waals surface area contributed by atoms with Crippen molar-refractivity contribution >= 4 is 29.1 Å². The highest BCUT2D eigenvalue weighted by atomic mass is 35.5. The lowest BCUT2D eigenvalue weighted by atomic mass is 10.0. The largest absolute Gasteiger partial charge is 0.336 e. The molecular weight excluding hydrogens is 269 g/mol. The van der Waals surface area contributed by atoms with E-state index in [0.717, 1.165) is 0 Å². The van der Waals surface area contributed by atoms with Crippen LogP contribution in [0.25, 0.3) is 0 Å². The fourth-order valence-corrected chi connectivity index (χ4v) is 2.12. The fraction of sp³-hybridized carbons (Fsp3) is 0.500. The van der Waals surface area contributed by atoms with E-state index in [9.17, 15) is 4.79 Å². The van der Waals surface area contributed by atoms with Crippen LogP contribution >= 0.6 is 23.2 Å². The van der Waals surface area contributed by atoms with Crippen LogP contribution in [0.1, 0.15) is 35.7 Å². The van der Waals surface area contributed by atoms with Crippen molar-refractivity contribution < 1.29 is 4.79 Å². The predicted molar refractivity (Wildman–Crippen MR) is 77.9 cm³/mol. The summed E-state index contributed by atoms with van der Waals surface area (Å²) in [5.74, 6) is 1.31. The Morgan fingerprint density at radius 2 is 1.61 bits per heavy atom. The van der Waals surface area contributed by atoms with Crippen molar-refractivity contribution in [3.05, 3.63) is 35.4 Å². The normalized spacial score (nSPS) is 10.7. The molecule has 1 aromatic carbocycles. The lowest BCUT2D eigenvalue weighted by Crippen LogP contribution is -2.34. The first kappa shape index (κ1) is 15.3. The second-order valence-electron chi connectivity index (χ2n) is 4.45. The third-order valence-electron chi connectivity index (χ3n) is 2.82. The van der Waals surface area contributed by atoms with Gasteiger partial charge in [-0.2, -0.15) is 0 Å². The van der Waals surface area contributed by atoms with Gasteiger partial charge in [0.1, 0.15) is 0 Å². The molecule has 1 rings (SSSR count). The summed E-state index contributed by atoms with van der Waals surface area (Å²) in [7, 11) is 0. The number of carbonyl (C=O) groups is 1. The molecule has 2 nitrogen and oxygen atoms in total. The average Bonchev–Trinajstić information content (AvgIpc) is 2.38. The van der Waals surface area contributed by atoms with E-state index in [1.165, 1.54) is 5.56 Å². The van der Waals surface area contributed by atoms with Crippen LogP contribution in [0.3, 0.4) is 0 Å². The molecule has 0 heterocycles. The van der Waals surface area contributed by atoms with Crippen molar-refractivity contribution in [2.75, 3.05) is 24.8 Å². The Kier molecular flexibility index (Phi) is 6.51. The van der Waals surface area contributed by atoms with E-state index in [0.29, 0.717) is 36.3 Å². The van der Waals surface area contributed by atoms with Crippen molar-refractivity contribution in [2.45, 2.75) is 19.8 Å². The van der Waals surface area contributed by atoms with E-state index in [1.807, 2.05) is 24.3 Å². The van der Waals surface area contributed by atoms with Gasteiger partial charge in [0, 0.05) is 30.4 Å². The Morgan fingerprint density at radius 1 is 1.11 bits per heavy atom. The Labute approximate surface area is 119 Å². The fourth-order valence-electron chi connectivity index (χ4n) is 1.71. The van der Waals surface area contributed by atoms with Gasteiger partial charge in [-0.1, -0.05) is 26.0 Å². The molecule has 0 unspecified atom stereocenters. The first-order valence-electron chi connectivity index (χ1n) is 6.11. The minimum Gasteiger partial charge on any atom is -0.336 e. The first-order valence-corrected chi connectivity index (χ1v) is 7.18. The van der Waals surface area contributed by atoms with Gasteiger partial charge in [0.25, 0.3) is 5.91 Å². The maximum atomic E-state index is 12.2. The number of rotatable bonds is 6. The number of hydrogen-bond acceptors (Lipinski definition) is 1. The van der Waals surface area contributed by atoms with Gasteiger partial charge in [0.05, 0.1) is 0 Å². The maximum Gasteiger partial charge on any atom is 0.253 e. The van der Waals surface area contributed by atoms with Gasteiger partial charge >= 0.3 is 0 Å². The second kappa shape index (κ2) is 7.65. The van der Waals surface area contributed by atoms with Gasteiger partial charge in [-0.15, -0.1) is 23.2 Å². The summed E-state index contributed by atoms with van der Waals surface area (Å²) >= 11 is 11.4. The second-order valence-corrected chi connectivity index (χ2v) is 5.20. The Hall–Kier alpha value is -0.730. The molecule has 18 heavy (non-hydrogen) atoms. The molecule has 0 saturated carbocycles. The van der Waals surface area contributed by atoms with Gasteiger partial charge < -0.3 is 4.90 Å². The van der Waals surface area contributed by atoms with E-state index in [2.05, 4.69) is 13.8 Å². The number of alkyl halides is 2. The first-order chi connectivity index (χ1) is 8.60. The molecule has 1 amide bonds. The molecule has 100 valence electrons. The molecule has 0 aliphatic heterocycles. The minimum atomic E-state index is -0.00777. The number of carbonyl (C=O) groups excluding carboxylic acids is 1. The molecule has 0 fully saturated rings. The van der Waals surface area contributed by atoms with E-state index in [-0.39, 0.29) is 5.91 Å². The monoisotopic (exact) mass is 287 g/mol. The van der Waals surface area contributed by atoms with E-state index >= 15 is 0 Å². The molecular formula is C14H19Cl2NO. The van der Waals surface area contributed by atoms with Crippen molar-refractivity contribution in [1.82, 2.24) is 4.90 Å². The summed E-state index contributed by atoms with van der Waals surface area (Å²) in [6.07, 6.45) is 0. The molecule has 4 heteroatoms. The highest BCUT2D eigenvalue weighted by Gasteiger charge is 2.14. The summed E-state index contributed by atoms with van der Waals surface area (Å²) in [5, 5.41) is 0. The van der Waals surface area contributed by atoms with Gasteiger partial charge in [-0.05, 0) is 23.6 Å². The van der Waals surface area contributed by atoms with Gasteiger partial charge in [-0.3, -0.25) is 4.79 Å². The van der Waals surface area contributed by atoms with Crippen LogP contribution in [0.5, 0.6) is 0 Å². The summed E-state index contributed by atoms with van der Waals surface area (Å²) < 4.78 is 0. The quantitative estimate of drug-likeness (QED) is 0.730. The molecule has 0 radical (unpaired) electrons. The summed E-state index contributed by atoms with van der Waals surface area (Å²) in [6, 6.07) is 7.73. The Morgan fingerprint density at radius 3 is 2.00 bits per heavy atom. The zero-order valence-corrected chi connectivity index (χ0v) is 12.3. The lowest BCUT2D eigenvalue weighted by molar-refractivity contribution is 0.0775. The molecule has 0 atom stereocenters. The molecule has 0 spiro atoms. The number of halogens is 2. The minimum absolute atomic E-state index is 0.00777. The summed E-state index contributed by atoms with van der Waals surface area (Å²) in [4.78, 5) is 13.9. The topological polar surface area (TPSA) is 20.3 Å². The highest BCUT2D eigenvalue weighted by Crippen LogP contribution is 2.15. The molecule has 0 saturated heterocycles. The van der Waals surface area contributed by atoms with Gasteiger partial charge in [0.15, 0.2) is 0 Å². The molecule has 0 aliphatic carbocycles. The Bertz CT molecular complexity index is 370. The van der Waals surface area contributed by atoms with Crippen LogP contribution in [0.15, 0.2) is 24.3 Å². The molecule has 0 bridgehead atoms. The van der Waals surface area contributed by atoms with Crippen molar-refractivity contribution in [3.8, 4) is 0 Å². The number of nitrogens with zero attached hydrogens (tertiary/aromatic N) is 1. The lowest BCUT2D eigenvalue weighted by Gasteiger charge is -2.20. The smallest absolute Gasteiger partial charge is 0.253 e. The SMILES string of the molecule is CC(C)c1ccc(C(=O)N(CCCl)CCCl)cc1. The van der Waals surface area contributed by atoms with E-state index in [1.54, 1.807) is 4.90 Å². The molecule has 1 aromatic rings. The summed E-state index contributed by atoms with van der Waals surface area (Å²) in [5.41, 5.74) is 1.92. The van der Waals surface area contributed by atoms with E-state index in [4.69, 9.17) is 23.2 Å². The summed E-state index contributed by atoms with van der Waals surface area (Å²) in [6.45, 7) is 5.31. The molecule has 0 aromatic heterocycles. The highest BCUT2D eigenvalue weighted by molar-refractivity contribution is 6.18. The van der Waals surface area contributed by atoms with Crippen LogP contribution in [0.2, 0.25) is 0 Å². The van der Waals surface area contributed by atoms with Gasteiger partial charge in [0.2, 0.25) is 0 Å². The van der Waals surface area contributed by atoms with Gasteiger partial charge in [-0.25, -0.2) is 0 Å². The average molecular weight is 288 g/mol. The third-order valence-corrected chi connectivity index (χ3v) is 3.16. The maximum absolute atomic E-state index is 12.2. The van der Waals surface area contributed by atoms with Crippen LogP contribution < -0.4 is 0 Å². The van der Waals surface area contributed by atoms with Crippen LogP contribution in [0.4, 0.5) is 0 Å². The predicted octanol–water partition coefficient (Wildman–Crippen LogP) is 3.73. The molecule has 0 aliphatic rings. The standard InChI is InChI=1S/C14H19Cl2NO/c1-11(2)12-3-5-13(6-4-12)14(18)17(9-7-15)10-8-16/h3-6,11H,7-10H2,1-2H3. The van der Waals surface area contributed by atoms with Crippen LogP contribution in [0, 0.1) is 0 Å². The van der Waals surface area contributed by atoms with Crippen molar-refractivity contribution in [1.29, 1.82) is 0 Å². The zero-order chi connectivity index (χ0) is 13.5. The third kappa shape index (κ3) is 4.18.